The number of ketones is 1. The second-order valence-corrected chi connectivity index (χ2v) is 7.74. The Morgan fingerprint density at radius 2 is 1.92 bits per heavy atom. The number of fused-ring (bicyclic) bond motifs is 1. The van der Waals surface area contributed by atoms with Crippen LogP contribution in [0.4, 0.5) is 4.79 Å². The van der Waals surface area contributed by atoms with Crippen LogP contribution >= 0.6 is 0 Å². The van der Waals surface area contributed by atoms with Crippen LogP contribution in [0, 0.1) is 6.92 Å². The fraction of sp³-hybridized carbons (Fsp3) is 0.706. The Labute approximate surface area is 141 Å². The summed E-state index contributed by atoms with van der Waals surface area (Å²) < 4.78 is 13.2. The zero-order valence-corrected chi connectivity index (χ0v) is 15.0. The van der Waals surface area contributed by atoms with Crippen molar-refractivity contribution in [3.8, 4) is 5.75 Å². The number of aromatic nitrogens is 2. The number of carbonyl (C=O) groups is 2. The first kappa shape index (κ1) is 16.8. The molecule has 2 aliphatic heterocycles. The zero-order chi connectivity index (χ0) is 17.7. The van der Waals surface area contributed by atoms with E-state index in [0.29, 0.717) is 43.8 Å². The molecule has 3 heterocycles. The van der Waals surface area contributed by atoms with Crippen molar-refractivity contribution in [3.05, 3.63) is 11.4 Å². The van der Waals surface area contributed by atoms with Gasteiger partial charge in [0.1, 0.15) is 22.6 Å². The number of piperidine rings is 1. The van der Waals surface area contributed by atoms with Gasteiger partial charge in [-0.05, 0) is 27.7 Å². The summed E-state index contributed by atoms with van der Waals surface area (Å²) in [5.41, 5.74) is 0.240. The van der Waals surface area contributed by atoms with Crippen molar-refractivity contribution >= 4 is 11.9 Å². The van der Waals surface area contributed by atoms with E-state index < -0.39 is 11.2 Å². The molecule has 7 heteroatoms. The van der Waals surface area contributed by atoms with E-state index in [9.17, 15) is 9.59 Å². The number of carbonyl (C=O) groups excluding carboxylic acids is 2. The topological polar surface area (TPSA) is 73.7 Å². The van der Waals surface area contributed by atoms with E-state index in [1.807, 2.05) is 27.7 Å². The van der Waals surface area contributed by atoms with Gasteiger partial charge in [0.15, 0.2) is 11.5 Å². The van der Waals surface area contributed by atoms with E-state index in [2.05, 4.69) is 5.10 Å². The predicted molar refractivity (Wildman–Crippen MR) is 87.3 cm³/mol. The minimum atomic E-state index is -0.531. The van der Waals surface area contributed by atoms with Crippen LogP contribution in [0.25, 0.3) is 0 Å². The van der Waals surface area contributed by atoms with Crippen molar-refractivity contribution in [1.29, 1.82) is 0 Å². The standard InChI is InChI=1S/C17H25N3O4/c1-11-14-13(19(5)18-11)12(21)10-17(23-14)6-8-20(9-7-17)15(22)24-16(2,3)4/h6-10H2,1-5H3. The summed E-state index contributed by atoms with van der Waals surface area (Å²) in [7, 11) is 1.76. The fourth-order valence-corrected chi connectivity index (χ4v) is 3.40. The number of amides is 1. The number of likely N-dealkylation sites (tertiary alicyclic amines) is 1. The third-order valence-corrected chi connectivity index (χ3v) is 4.56. The number of hydrogen-bond acceptors (Lipinski definition) is 5. The Morgan fingerprint density at radius 1 is 1.29 bits per heavy atom. The van der Waals surface area contributed by atoms with Gasteiger partial charge in [-0.25, -0.2) is 4.79 Å². The molecule has 1 aromatic heterocycles. The van der Waals surface area contributed by atoms with Crippen LogP contribution in [0.1, 0.15) is 56.2 Å². The molecule has 1 fully saturated rings. The summed E-state index contributed by atoms with van der Waals surface area (Å²) in [5, 5.41) is 4.29. The summed E-state index contributed by atoms with van der Waals surface area (Å²) in [6.45, 7) is 8.46. The van der Waals surface area contributed by atoms with E-state index >= 15 is 0 Å². The number of Topliss-reactive ketones (excluding diaryl/α,β-unsaturated/α-hetero) is 1. The van der Waals surface area contributed by atoms with Gasteiger partial charge >= 0.3 is 6.09 Å². The SMILES string of the molecule is Cc1nn(C)c2c1OC1(CCN(C(=O)OC(C)(C)C)CC1)CC2=O. The fourth-order valence-electron chi connectivity index (χ4n) is 3.40. The van der Waals surface area contributed by atoms with E-state index in [1.54, 1.807) is 16.6 Å². The summed E-state index contributed by atoms with van der Waals surface area (Å²) in [6.07, 6.45) is 1.26. The highest BCUT2D eigenvalue weighted by atomic mass is 16.6. The van der Waals surface area contributed by atoms with Crippen LogP contribution in [-0.2, 0) is 11.8 Å². The van der Waals surface area contributed by atoms with Crippen molar-refractivity contribution in [2.24, 2.45) is 7.05 Å². The van der Waals surface area contributed by atoms with Gasteiger partial charge < -0.3 is 14.4 Å². The Hall–Kier alpha value is -2.05. The first-order chi connectivity index (χ1) is 11.1. The predicted octanol–water partition coefficient (Wildman–Crippen LogP) is 2.46. The molecule has 2 aliphatic rings. The molecule has 1 spiro atoms. The van der Waals surface area contributed by atoms with Gasteiger partial charge in [-0.1, -0.05) is 0 Å². The second-order valence-electron chi connectivity index (χ2n) is 7.74. The molecule has 0 atom stereocenters. The van der Waals surface area contributed by atoms with E-state index in [4.69, 9.17) is 9.47 Å². The van der Waals surface area contributed by atoms with Crippen LogP contribution in [0.5, 0.6) is 5.75 Å². The van der Waals surface area contributed by atoms with E-state index in [-0.39, 0.29) is 11.9 Å². The molecule has 1 aromatic rings. The van der Waals surface area contributed by atoms with Crippen LogP contribution in [-0.4, -0.2) is 50.8 Å². The van der Waals surface area contributed by atoms with Crippen molar-refractivity contribution in [2.45, 2.75) is 58.2 Å². The summed E-state index contributed by atoms with van der Waals surface area (Å²) in [5.74, 6) is 0.657. The summed E-state index contributed by atoms with van der Waals surface area (Å²) >= 11 is 0. The molecule has 24 heavy (non-hydrogen) atoms. The highest BCUT2D eigenvalue weighted by Gasteiger charge is 2.46. The highest BCUT2D eigenvalue weighted by molar-refractivity contribution is 5.99. The number of ether oxygens (including phenoxy) is 2. The lowest BCUT2D eigenvalue weighted by Crippen LogP contribution is -2.53. The van der Waals surface area contributed by atoms with Gasteiger partial charge in [-0.3, -0.25) is 9.48 Å². The van der Waals surface area contributed by atoms with Crippen molar-refractivity contribution < 1.29 is 19.1 Å². The van der Waals surface area contributed by atoms with Gasteiger partial charge in [0.25, 0.3) is 0 Å². The first-order valence-electron chi connectivity index (χ1n) is 8.34. The van der Waals surface area contributed by atoms with Crippen LogP contribution in [0.15, 0.2) is 0 Å². The molecule has 0 saturated carbocycles. The second kappa shape index (κ2) is 5.50. The Balaban J connectivity index is 1.71. The Kier molecular flexibility index (Phi) is 3.85. The molecule has 7 nitrogen and oxygen atoms in total. The first-order valence-corrected chi connectivity index (χ1v) is 8.34. The highest BCUT2D eigenvalue weighted by Crippen LogP contribution is 2.40. The lowest BCUT2D eigenvalue weighted by molar-refractivity contribution is -0.0231. The number of hydrogen-bond donors (Lipinski definition) is 0. The average molecular weight is 335 g/mol. The minimum absolute atomic E-state index is 0.0602. The van der Waals surface area contributed by atoms with Gasteiger partial charge in [0, 0.05) is 33.0 Å². The number of nitrogens with zero attached hydrogens (tertiary/aromatic N) is 3. The molecule has 0 aromatic carbocycles. The van der Waals surface area contributed by atoms with Crippen molar-refractivity contribution in [2.75, 3.05) is 13.1 Å². The quantitative estimate of drug-likeness (QED) is 0.728. The molecular weight excluding hydrogens is 310 g/mol. The van der Waals surface area contributed by atoms with Crippen molar-refractivity contribution in [3.63, 3.8) is 0 Å². The van der Waals surface area contributed by atoms with Crippen LogP contribution < -0.4 is 4.74 Å². The molecule has 132 valence electrons. The monoisotopic (exact) mass is 335 g/mol. The molecule has 0 unspecified atom stereocenters. The van der Waals surface area contributed by atoms with Crippen LogP contribution in [0.3, 0.4) is 0 Å². The minimum Gasteiger partial charge on any atom is -0.482 e. The largest absolute Gasteiger partial charge is 0.482 e. The maximum absolute atomic E-state index is 12.6. The molecule has 1 amide bonds. The van der Waals surface area contributed by atoms with Crippen molar-refractivity contribution in [1.82, 2.24) is 14.7 Å². The maximum atomic E-state index is 12.6. The average Bonchev–Trinajstić information content (AvgIpc) is 2.72. The zero-order valence-electron chi connectivity index (χ0n) is 15.0. The number of rotatable bonds is 0. The Bertz CT molecular complexity index is 679. The molecular formula is C17H25N3O4. The van der Waals surface area contributed by atoms with Gasteiger partial charge in [-0.15, -0.1) is 0 Å². The third kappa shape index (κ3) is 2.99. The van der Waals surface area contributed by atoms with Crippen LogP contribution in [0.2, 0.25) is 0 Å². The normalized spacial score (nSPS) is 19.9. The Morgan fingerprint density at radius 3 is 2.50 bits per heavy atom. The molecule has 1 saturated heterocycles. The molecule has 0 bridgehead atoms. The van der Waals surface area contributed by atoms with Gasteiger partial charge in [-0.2, -0.15) is 5.10 Å². The molecule has 0 radical (unpaired) electrons. The smallest absolute Gasteiger partial charge is 0.410 e. The summed E-state index contributed by atoms with van der Waals surface area (Å²) in [4.78, 5) is 26.4. The molecule has 3 rings (SSSR count). The lowest BCUT2D eigenvalue weighted by Gasteiger charge is -2.43. The third-order valence-electron chi connectivity index (χ3n) is 4.56. The summed E-state index contributed by atoms with van der Waals surface area (Å²) in [6, 6.07) is 0. The van der Waals surface area contributed by atoms with E-state index in [0.717, 1.165) is 5.69 Å². The lowest BCUT2D eigenvalue weighted by atomic mass is 9.83. The van der Waals surface area contributed by atoms with Gasteiger partial charge in [0.05, 0.1) is 6.42 Å². The maximum Gasteiger partial charge on any atom is 0.410 e. The molecule has 0 N–H and O–H groups in total. The number of aryl methyl sites for hydroxylation is 2. The van der Waals surface area contributed by atoms with E-state index in [1.165, 1.54) is 0 Å². The molecule has 0 aliphatic carbocycles. The van der Waals surface area contributed by atoms with Gasteiger partial charge in [0.2, 0.25) is 0 Å².